The van der Waals surface area contributed by atoms with Crippen LogP contribution in [0.25, 0.3) is 10.1 Å². The van der Waals surface area contributed by atoms with Gasteiger partial charge in [-0.1, -0.05) is 18.2 Å². The van der Waals surface area contributed by atoms with Crippen molar-refractivity contribution in [2.75, 3.05) is 10.6 Å². The lowest BCUT2D eigenvalue weighted by Gasteiger charge is -2.13. The molecule has 28 heavy (non-hydrogen) atoms. The summed E-state index contributed by atoms with van der Waals surface area (Å²) >= 11 is 1.36. The highest BCUT2D eigenvalue weighted by molar-refractivity contribution is 7.21. The smallest absolute Gasteiger partial charge is 0.349 e. The molecule has 0 aliphatic rings. The van der Waals surface area contributed by atoms with E-state index in [0.717, 1.165) is 15.6 Å². The molecule has 0 aliphatic heterocycles. The van der Waals surface area contributed by atoms with Crippen LogP contribution in [0, 0.1) is 6.92 Å². The van der Waals surface area contributed by atoms with Gasteiger partial charge in [-0.05, 0) is 55.1 Å². The number of thiophene rings is 1. The number of hydrogen-bond donors (Lipinski definition) is 2. The number of amides is 2. The van der Waals surface area contributed by atoms with Crippen LogP contribution < -0.4 is 10.6 Å². The molecule has 0 spiro atoms. The van der Waals surface area contributed by atoms with Crippen molar-refractivity contribution in [1.29, 1.82) is 0 Å². The largest absolute Gasteiger partial charge is 0.448 e. The number of ether oxygens (including phenoxy) is 1. The lowest BCUT2D eigenvalue weighted by atomic mass is 10.1. The molecule has 1 aromatic heterocycles. The summed E-state index contributed by atoms with van der Waals surface area (Å²) in [7, 11) is 0. The van der Waals surface area contributed by atoms with Gasteiger partial charge in [-0.25, -0.2) is 4.79 Å². The van der Waals surface area contributed by atoms with Gasteiger partial charge < -0.3 is 15.4 Å². The van der Waals surface area contributed by atoms with Crippen molar-refractivity contribution < 1.29 is 19.1 Å². The average molecular weight is 396 g/mol. The molecule has 0 unspecified atom stereocenters. The van der Waals surface area contributed by atoms with E-state index in [1.807, 2.05) is 31.2 Å². The highest BCUT2D eigenvalue weighted by atomic mass is 32.1. The zero-order valence-electron chi connectivity index (χ0n) is 15.7. The number of carbonyl (C=O) groups excluding carboxylic acids is 3. The van der Waals surface area contributed by atoms with Crippen LogP contribution in [0.5, 0.6) is 0 Å². The first-order chi connectivity index (χ1) is 13.3. The quantitative estimate of drug-likeness (QED) is 0.628. The minimum absolute atomic E-state index is 0.172. The SMILES string of the molecule is CC(=O)Nc1ccc(NC(=O)[C@H](C)OC(=O)c2sc3ccccc3c2C)cc1. The molecule has 3 aromatic rings. The van der Waals surface area contributed by atoms with Crippen LogP contribution in [0.1, 0.15) is 29.1 Å². The van der Waals surface area contributed by atoms with Gasteiger partial charge in [0.25, 0.3) is 5.91 Å². The predicted octanol–water partition coefficient (Wildman–Crippen LogP) is 4.35. The third kappa shape index (κ3) is 4.37. The second-order valence-electron chi connectivity index (χ2n) is 6.35. The Morgan fingerprint density at radius 2 is 1.57 bits per heavy atom. The van der Waals surface area contributed by atoms with Crippen LogP contribution >= 0.6 is 11.3 Å². The maximum atomic E-state index is 12.5. The molecule has 1 atom stereocenters. The Labute approximate surface area is 166 Å². The van der Waals surface area contributed by atoms with E-state index in [1.54, 1.807) is 24.3 Å². The summed E-state index contributed by atoms with van der Waals surface area (Å²) in [4.78, 5) is 36.4. The standard InChI is InChI=1S/C21H20N2O4S/c1-12-17-6-4-5-7-18(17)28-19(12)21(26)27-13(2)20(25)23-16-10-8-15(9-11-16)22-14(3)24/h4-11,13H,1-3H3,(H,22,24)(H,23,25)/t13-/m0/s1. The highest BCUT2D eigenvalue weighted by Gasteiger charge is 2.22. The molecule has 6 nitrogen and oxygen atoms in total. The summed E-state index contributed by atoms with van der Waals surface area (Å²) in [6.07, 6.45) is -0.952. The molecule has 0 saturated carbocycles. The topological polar surface area (TPSA) is 84.5 Å². The van der Waals surface area contributed by atoms with Crippen LogP contribution in [0.15, 0.2) is 48.5 Å². The van der Waals surface area contributed by atoms with Crippen LogP contribution in [0.2, 0.25) is 0 Å². The lowest BCUT2D eigenvalue weighted by Crippen LogP contribution is -2.29. The van der Waals surface area contributed by atoms with Gasteiger partial charge in [0.2, 0.25) is 5.91 Å². The predicted molar refractivity (Wildman–Crippen MR) is 111 cm³/mol. The number of esters is 1. The molecule has 2 aromatic carbocycles. The minimum atomic E-state index is -0.952. The Morgan fingerprint density at radius 3 is 2.18 bits per heavy atom. The third-order valence-corrected chi connectivity index (χ3v) is 5.41. The summed E-state index contributed by atoms with van der Waals surface area (Å²) in [5, 5.41) is 6.35. The molecular weight excluding hydrogens is 376 g/mol. The molecule has 0 radical (unpaired) electrons. The van der Waals surface area contributed by atoms with E-state index in [0.29, 0.717) is 16.3 Å². The van der Waals surface area contributed by atoms with Gasteiger partial charge in [0.15, 0.2) is 6.10 Å². The minimum Gasteiger partial charge on any atom is -0.448 e. The van der Waals surface area contributed by atoms with Crippen molar-refractivity contribution in [3.8, 4) is 0 Å². The van der Waals surface area contributed by atoms with Crippen LogP contribution in [-0.2, 0) is 14.3 Å². The molecule has 0 aliphatic carbocycles. The molecular formula is C21H20N2O4S. The molecule has 2 N–H and O–H groups in total. The first kappa shape index (κ1) is 19.6. The average Bonchev–Trinajstić information content (AvgIpc) is 3.00. The van der Waals surface area contributed by atoms with E-state index in [2.05, 4.69) is 10.6 Å². The molecule has 0 fully saturated rings. The molecule has 2 amide bonds. The van der Waals surface area contributed by atoms with E-state index in [1.165, 1.54) is 25.2 Å². The highest BCUT2D eigenvalue weighted by Crippen LogP contribution is 2.31. The number of carbonyl (C=O) groups is 3. The fourth-order valence-electron chi connectivity index (χ4n) is 2.72. The maximum Gasteiger partial charge on any atom is 0.349 e. The number of hydrogen-bond acceptors (Lipinski definition) is 5. The molecule has 1 heterocycles. The van der Waals surface area contributed by atoms with Gasteiger partial charge in [0, 0.05) is 23.0 Å². The van der Waals surface area contributed by atoms with E-state index >= 15 is 0 Å². The van der Waals surface area contributed by atoms with Crippen LogP contribution in [0.3, 0.4) is 0 Å². The Hall–Kier alpha value is -3.19. The van der Waals surface area contributed by atoms with Crippen molar-refractivity contribution in [2.24, 2.45) is 0 Å². The molecule has 0 saturated heterocycles. The van der Waals surface area contributed by atoms with Crippen LogP contribution in [0.4, 0.5) is 11.4 Å². The fraction of sp³-hybridized carbons (Fsp3) is 0.190. The van der Waals surface area contributed by atoms with Crippen molar-refractivity contribution >= 4 is 50.6 Å². The second kappa shape index (κ2) is 8.22. The Morgan fingerprint density at radius 1 is 0.964 bits per heavy atom. The van der Waals surface area contributed by atoms with E-state index in [4.69, 9.17) is 4.74 Å². The van der Waals surface area contributed by atoms with Gasteiger partial charge in [-0.2, -0.15) is 0 Å². The van der Waals surface area contributed by atoms with Crippen LogP contribution in [-0.4, -0.2) is 23.9 Å². The number of benzene rings is 2. The van der Waals surface area contributed by atoms with E-state index in [-0.39, 0.29) is 5.91 Å². The van der Waals surface area contributed by atoms with Crippen molar-refractivity contribution in [3.63, 3.8) is 0 Å². The van der Waals surface area contributed by atoms with Crippen molar-refractivity contribution in [2.45, 2.75) is 26.9 Å². The molecule has 7 heteroatoms. The summed E-state index contributed by atoms with van der Waals surface area (Å²) in [5.41, 5.74) is 2.03. The maximum absolute atomic E-state index is 12.5. The first-order valence-electron chi connectivity index (χ1n) is 8.73. The second-order valence-corrected chi connectivity index (χ2v) is 7.40. The van der Waals surface area contributed by atoms with Gasteiger partial charge in [-0.3, -0.25) is 9.59 Å². The molecule has 144 valence electrons. The number of rotatable bonds is 5. The summed E-state index contributed by atoms with van der Waals surface area (Å²) in [6.45, 7) is 4.82. The molecule has 3 rings (SSSR count). The van der Waals surface area contributed by atoms with Gasteiger partial charge >= 0.3 is 5.97 Å². The number of aryl methyl sites for hydroxylation is 1. The summed E-state index contributed by atoms with van der Waals surface area (Å²) in [6, 6.07) is 14.4. The van der Waals surface area contributed by atoms with Gasteiger partial charge in [0.1, 0.15) is 4.88 Å². The monoisotopic (exact) mass is 396 g/mol. The van der Waals surface area contributed by atoms with Gasteiger partial charge in [0.05, 0.1) is 0 Å². The zero-order chi connectivity index (χ0) is 20.3. The fourth-order valence-corrected chi connectivity index (χ4v) is 3.81. The summed E-state index contributed by atoms with van der Waals surface area (Å²) < 4.78 is 6.36. The third-order valence-electron chi connectivity index (χ3n) is 4.15. The normalized spacial score (nSPS) is 11.7. The summed E-state index contributed by atoms with van der Waals surface area (Å²) in [5.74, 6) is -1.12. The number of anilines is 2. The van der Waals surface area contributed by atoms with E-state index < -0.39 is 18.0 Å². The zero-order valence-corrected chi connectivity index (χ0v) is 16.6. The number of fused-ring (bicyclic) bond motifs is 1. The Bertz CT molecular complexity index is 1040. The van der Waals surface area contributed by atoms with Crippen molar-refractivity contribution in [3.05, 3.63) is 59.0 Å². The Balaban J connectivity index is 1.64. The van der Waals surface area contributed by atoms with Crippen molar-refractivity contribution in [1.82, 2.24) is 0 Å². The first-order valence-corrected chi connectivity index (χ1v) is 9.54. The lowest BCUT2D eigenvalue weighted by molar-refractivity contribution is -0.123. The van der Waals surface area contributed by atoms with E-state index in [9.17, 15) is 14.4 Å². The Kier molecular flexibility index (Phi) is 5.75. The van der Waals surface area contributed by atoms with Gasteiger partial charge in [-0.15, -0.1) is 11.3 Å². The number of nitrogens with one attached hydrogen (secondary N) is 2. The molecule has 0 bridgehead atoms.